The van der Waals surface area contributed by atoms with Crippen molar-refractivity contribution in [2.24, 2.45) is 0 Å². The molecular formula is C40H32N2O3. The predicted octanol–water partition coefficient (Wildman–Crippen LogP) is 9.15. The SMILES string of the molecule is CC(=C1CC1)N(C(=O)c1ccc(-c2ccc3c(c2)C(=O)N(c2ccc(-c4ccccc4C)c(C)c2)C3=O)cc1)c1ccccc1. The molecule has 0 spiro atoms. The molecule has 0 bridgehead atoms. The lowest BCUT2D eigenvalue weighted by Gasteiger charge is -2.24. The summed E-state index contributed by atoms with van der Waals surface area (Å²) in [6, 6.07) is 36.4. The lowest BCUT2D eigenvalue weighted by Crippen LogP contribution is -2.29. The lowest BCUT2D eigenvalue weighted by atomic mass is 9.96. The third-order valence-electron chi connectivity index (χ3n) is 8.82. The maximum absolute atomic E-state index is 13.7. The fourth-order valence-electron chi connectivity index (χ4n) is 6.18. The van der Waals surface area contributed by atoms with Crippen LogP contribution in [0.4, 0.5) is 11.4 Å². The number of carbonyl (C=O) groups excluding carboxylic acids is 3. The summed E-state index contributed by atoms with van der Waals surface area (Å²) in [7, 11) is 0. The molecule has 220 valence electrons. The van der Waals surface area contributed by atoms with Gasteiger partial charge < -0.3 is 0 Å². The van der Waals surface area contributed by atoms with E-state index in [0.717, 1.165) is 52.0 Å². The molecular weight excluding hydrogens is 556 g/mol. The van der Waals surface area contributed by atoms with Gasteiger partial charge in [-0.15, -0.1) is 0 Å². The zero-order valence-electron chi connectivity index (χ0n) is 25.5. The van der Waals surface area contributed by atoms with E-state index in [2.05, 4.69) is 19.1 Å². The number of fused-ring (bicyclic) bond motifs is 1. The van der Waals surface area contributed by atoms with Gasteiger partial charge in [0.05, 0.1) is 16.8 Å². The summed E-state index contributed by atoms with van der Waals surface area (Å²) in [5.41, 5.74) is 11.0. The molecule has 1 fully saturated rings. The number of benzene rings is 5. The van der Waals surface area contributed by atoms with Crippen molar-refractivity contribution in [3.63, 3.8) is 0 Å². The highest BCUT2D eigenvalue weighted by Gasteiger charge is 2.37. The van der Waals surface area contributed by atoms with E-state index in [0.29, 0.717) is 22.4 Å². The van der Waals surface area contributed by atoms with Gasteiger partial charge in [-0.2, -0.15) is 0 Å². The highest BCUT2D eigenvalue weighted by molar-refractivity contribution is 6.34. The zero-order valence-corrected chi connectivity index (χ0v) is 25.5. The second-order valence-electron chi connectivity index (χ2n) is 11.8. The molecule has 0 atom stereocenters. The minimum atomic E-state index is -0.339. The predicted molar refractivity (Wildman–Crippen MR) is 180 cm³/mol. The number of imide groups is 1. The number of rotatable bonds is 6. The van der Waals surface area contributed by atoms with E-state index in [1.165, 1.54) is 16.0 Å². The first-order chi connectivity index (χ1) is 21.8. The number of amides is 3. The number of hydrogen-bond donors (Lipinski definition) is 0. The smallest absolute Gasteiger partial charge is 0.266 e. The molecule has 0 N–H and O–H groups in total. The van der Waals surface area contributed by atoms with Crippen LogP contribution in [0.15, 0.2) is 127 Å². The van der Waals surface area contributed by atoms with Crippen molar-refractivity contribution in [3.05, 3.63) is 154 Å². The summed E-state index contributed by atoms with van der Waals surface area (Å²) in [4.78, 5) is 43.9. The van der Waals surface area contributed by atoms with Gasteiger partial charge in [0.25, 0.3) is 17.7 Å². The molecule has 1 saturated carbocycles. The Bertz CT molecular complexity index is 2030. The van der Waals surface area contributed by atoms with Gasteiger partial charge in [0.2, 0.25) is 0 Å². The van der Waals surface area contributed by atoms with Crippen molar-refractivity contribution in [2.45, 2.75) is 33.6 Å². The van der Waals surface area contributed by atoms with Crippen LogP contribution in [0.3, 0.4) is 0 Å². The van der Waals surface area contributed by atoms with E-state index in [1.807, 2.05) is 105 Å². The van der Waals surface area contributed by atoms with Gasteiger partial charge in [-0.05, 0) is 121 Å². The molecule has 2 aliphatic rings. The monoisotopic (exact) mass is 588 g/mol. The van der Waals surface area contributed by atoms with Crippen molar-refractivity contribution in [2.75, 3.05) is 9.80 Å². The van der Waals surface area contributed by atoms with Gasteiger partial charge in [-0.1, -0.05) is 66.7 Å². The van der Waals surface area contributed by atoms with E-state index in [4.69, 9.17) is 0 Å². The molecule has 3 amide bonds. The van der Waals surface area contributed by atoms with E-state index < -0.39 is 0 Å². The summed E-state index contributed by atoms with van der Waals surface area (Å²) in [6.07, 6.45) is 2.05. The second kappa shape index (κ2) is 11.2. The second-order valence-corrected chi connectivity index (χ2v) is 11.8. The molecule has 1 heterocycles. The van der Waals surface area contributed by atoms with Crippen LogP contribution in [0.1, 0.15) is 62.0 Å². The highest BCUT2D eigenvalue weighted by atomic mass is 16.2. The summed E-state index contributed by atoms with van der Waals surface area (Å²) in [5, 5.41) is 0. The normalized spacial score (nSPS) is 13.6. The van der Waals surface area contributed by atoms with Gasteiger partial charge in [-0.3, -0.25) is 19.3 Å². The third-order valence-corrected chi connectivity index (χ3v) is 8.82. The van der Waals surface area contributed by atoms with Crippen molar-refractivity contribution in [3.8, 4) is 22.3 Å². The Morgan fingerprint density at radius 2 is 1.24 bits per heavy atom. The molecule has 5 aromatic carbocycles. The fraction of sp³-hybridized carbons (Fsp3) is 0.125. The molecule has 0 radical (unpaired) electrons. The van der Waals surface area contributed by atoms with Crippen LogP contribution in [0.5, 0.6) is 0 Å². The summed E-state index contributed by atoms with van der Waals surface area (Å²) in [6.45, 7) is 6.08. The quantitative estimate of drug-likeness (QED) is 0.186. The number of hydrogen-bond acceptors (Lipinski definition) is 3. The van der Waals surface area contributed by atoms with Crippen molar-refractivity contribution < 1.29 is 14.4 Å². The third kappa shape index (κ3) is 5.06. The zero-order chi connectivity index (χ0) is 31.2. The van der Waals surface area contributed by atoms with Gasteiger partial charge >= 0.3 is 0 Å². The van der Waals surface area contributed by atoms with Gasteiger partial charge in [0, 0.05) is 16.9 Å². The van der Waals surface area contributed by atoms with Crippen LogP contribution in [0, 0.1) is 13.8 Å². The number of nitrogens with zero attached hydrogens (tertiary/aromatic N) is 2. The van der Waals surface area contributed by atoms with Crippen LogP contribution in [0.2, 0.25) is 0 Å². The van der Waals surface area contributed by atoms with E-state index in [1.54, 1.807) is 17.0 Å². The van der Waals surface area contributed by atoms with Crippen LogP contribution in [-0.2, 0) is 0 Å². The summed E-state index contributed by atoms with van der Waals surface area (Å²) in [5.74, 6) is -0.751. The van der Waals surface area contributed by atoms with Crippen molar-refractivity contribution >= 4 is 29.1 Å². The first-order valence-corrected chi connectivity index (χ1v) is 15.2. The van der Waals surface area contributed by atoms with Crippen LogP contribution >= 0.6 is 0 Å². The lowest BCUT2D eigenvalue weighted by molar-refractivity contribution is 0.0924. The largest absolute Gasteiger partial charge is 0.281 e. The standard InChI is InChI=1S/C40H32N2O3/c1-25-9-7-8-12-34(25)35-22-20-33(23-26(35)2)42-39(44)36-21-19-31(24-37(36)40(42)45)29-15-17-30(18-16-29)38(43)41(27(3)28-13-14-28)32-10-5-4-6-11-32/h4-12,15-24H,13-14H2,1-3H3. The number of carbonyl (C=O) groups is 3. The highest BCUT2D eigenvalue weighted by Crippen LogP contribution is 2.37. The van der Waals surface area contributed by atoms with Gasteiger partial charge in [0.15, 0.2) is 0 Å². The maximum atomic E-state index is 13.7. The molecule has 7 rings (SSSR count). The number of aryl methyl sites for hydroxylation is 2. The van der Waals surface area contributed by atoms with Crippen LogP contribution in [0.25, 0.3) is 22.3 Å². The molecule has 1 aliphatic heterocycles. The Hall–Kier alpha value is -5.55. The average Bonchev–Trinajstić information content (AvgIpc) is 3.88. The first kappa shape index (κ1) is 28.2. The maximum Gasteiger partial charge on any atom is 0.266 e. The topological polar surface area (TPSA) is 57.7 Å². The molecule has 45 heavy (non-hydrogen) atoms. The number of anilines is 2. The summed E-state index contributed by atoms with van der Waals surface area (Å²) < 4.78 is 0. The molecule has 5 heteroatoms. The van der Waals surface area contributed by atoms with Crippen molar-refractivity contribution in [1.82, 2.24) is 0 Å². The van der Waals surface area contributed by atoms with Crippen LogP contribution < -0.4 is 9.80 Å². The Morgan fingerprint density at radius 1 is 0.622 bits per heavy atom. The van der Waals surface area contributed by atoms with E-state index >= 15 is 0 Å². The molecule has 1 aliphatic carbocycles. The minimum absolute atomic E-state index is 0.0845. The van der Waals surface area contributed by atoms with Gasteiger partial charge in [-0.25, -0.2) is 4.90 Å². The molecule has 0 unspecified atom stereocenters. The van der Waals surface area contributed by atoms with E-state index in [9.17, 15) is 14.4 Å². The Kier molecular flexibility index (Phi) is 7.01. The summed E-state index contributed by atoms with van der Waals surface area (Å²) >= 11 is 0. The van der Waals surface area contributed by atoms with Crippen molar-refractivity contribution in [1.29, 1.82) is 0 Å². The number of allylic oxidation sites excluding steroid dienone is 2. The fourth-order valence-corrected chi connectivity index (χ4v) is 6.18. The first-order valence-electron chi connectivity index (χ1n) is 15.2. The van der Waals surface area contributed by atoms with Crippen LogP contribution in [-0.4, -0.2) is 17.7 Å². The molecule has 0 aromatic heterocycles. The molecule has 0 saturated heterocycles. The minimum Gasteiger partial charge on any atom is -0.281 e. The Labute approximate surface area is 263 Å². The average molecular weight is 589 g/mol. The molecule has 5 nitrogen and oxygen atoms in total. The van der Waals surface area contributed by atoms with Gasteiger partial charge in [0.1, 0.15) is 0 Å². The Morgan fingerprint density at radius 3 is 1.93 bits per heavy atom. The Balaban J connectivity index is 1.15. The molecule has 5 aromatic rings. The van der Waals surface area contributed by atoms with E-state index in [-0.39, 0.29) is 17.7 Å². The number of para-hydroxylation sites is 1.